The van der Waals surface area contributed by atoms with Gasteiger partial charge in [0.1, 0.15) is 5.82 Å². The number of alkyl halides is 2. The number of benzene rings is 2. The third-order valence-corrected chi connectivity index (χ3v) is 5.60. The minimum absolute atomic E-state index is 0.00193. The summed E-state index contributed by atoms with van der Waals surface area (Å²) in [5.74, 6) is -3.93. The van der Waals surface area contributed by atoms with Crippen LogP contribution < -0.4 is 10.1 Å². The van der Waals surface area contributed by atoms with Crippen LogP contribution in [0.5, 0.6) is 5.75 Å². The van der Waals surface area contributed by atoms with E-state index < -0.39 is 43.8 Å². The molecule has 2 aromatic carbocycles. The van der Waals surface area contributed by atoms with E-state index in [1.165, 1.54) is 12.1 Å². The summed E-state index contributed by atoms with van der Waals surface area (Å²) in [4.78, 5) is -0.436. The van der Waals surface area contributed by atoms with E-state index in [0.29, 0.717) is 0 Å². The molecule has 1 N–H and O–H groups in total. The van der Waals surface area contributed by atoms with Gasteiger partial charge in [0, 0.05) is 11.9 Å². The highest BCUT2D eigenvalue weighted by Gasteiger charge is 2.70. The molecule has 29 heavy (non-hydrogen) atoms. The van der Waals surface area contributed by atoms with Crippen molar-refractivity contribution in [3.63, 3.8) is 0 Å². The molecule has 0 saturated carbocycles. The lowest BCUT2D eigenvalue weighted by atomic mass is 10.0. The molecule has 2 heterocycles. The summed E-state index contributed by atoms with van der Waals surface area (Å²) in [7, 11) is -3.95. The number of hydrogen-bond acceptors (Lipinski definition) is 7. The number of sulfone groups is 1. The maximum absolute atomic E-state index is 14.8. The lowest BCUT2D eigenvalue weighted by Crippen LogP contribution is -2.45. The van der Waals surface area contributed by atoms with Crippen LogP contribution in [0.2, 0.25) is 0 Å². The quantitative estimate of drug-likeness (QED) is 0.806. The van der Waals surface area contributed by atoms with E-state index >= 15 is 0 Å². The standard InChI is InChI=1S/C18H13F3N2O5S/c1-29(24,25)14-3-2-13(23-12-7-10(9-22)6-11(19)8-12)16-15(14)17(18(20,21)28-16)26-4-5-27-17/h2-3,6-8,23H,4-5H2,1H3. The molecule has 152 valence electrons. The number of nitrogens with one attached hydrogen (secondary N) is 1. The molecule has 0 radical (unpaired) electrons. The highest BCUT2D eigenvalue weighted by Crippen LogP contribution is 2.58. The Balaban J connectivity index is 1.91. The van der Waals surface area contributed by atoms with Gasteiger partial charge in [-0.25, -0.2) is 12.8 Å². The minimum atomic E-state index is -4.01. The minimum Gasteiger partial charge on any atom is -0.425 e. The van der Waals surface area contributed by atoms with Crippen molar-refractivity contribution in [2.75, 3.05) is 24.8 Å². The van der Waals surface area contributed by atoms with Gasteiger partial charge in [-0.15, -0.1) is 0 Å². The second-order valence-electron chi connectivity index (χ2n) is 6.49. The Morgan fingerprint density at radius 2 is 1.86 bits per heavy atom. The summed E-state index contributed by atoms with van der Waals surface area (Å²) in [6.07, 6.45) is -3.15. The van der Waals surface area contributed by atoms with Gasteiger partial charge in [-0.3, -0.25) is 0 Å². The molecule has 1 saturated heterocycles. The van der Waals surface area contributed by atoms with Crippen molar-refractivity contribution < 1.29 is 35.8 Å². The average Bonchev–Trinajstić information content (AvgIpc) is 3.20. The molecule has 0 unspecified atom stereocenters. The van der Waals surface area contributed by atoms with E-state index in [-0.39, 0.29) is 30.2 Å². The lowest BCUT2D eigenvalue weighted by molar-refractivity contribution is -0.355. The van der Waals surface area contributed by atoms with Gasteiger partial charge in [0.05, 0.1) is 41.0 Å². The topological polar surface area (TPSA) is 97.7 Å². The van der Waals surface area contributed by atoms with E-state index in [4.69, 9.17) is 19.5 Å². The molecule has 1 spiro atoms. The van der Waals surface area contributed by atoms with Crippen LogP contribution in [-0.4, -0.2) is 34.0 Å². The first-order valence-electron chi connectivity index (χ1n) is 8.27. The van der Waals surface area contributed by atoms with Crippen molar-refractivity contribution in [1.82, 2.24) is 0 Å². The normalized spacial score (nSPS) is 18.9. The van der Waals surface area contributed by atoms with Gasteiger partial charge in [-0.1, -0.05) is 0 Å². The number of rotatable bonds is 3. The lowest BCUT2D eigenvalue weighted by Gasteiger charge is -2.27. The number of hydrogen-bond donors (Lipinski definition) is 1. The fourth-order valence-electron chi connectivity index (χ4n) is 3.34. The molecule has 1 fully saturated rings. The first-order chi connectivity index (χ1) is 13.6. The SMILES string of the molecule is CS(=O)(=O)c1ccc(Nc2cc(F)cc(C#N)c2)c2c1C1(OCCO1)C(F)(F)O2. The predicted molar refractivity (Wildman–Crippen MR) is 93.1 cm³/mol. The molecule has 0 bridgehead atoms. The summed E-state index contributed by atoms with van der Waals surface area (Å²) in [5, 5.41) is 11.7. The van der Waals surface area contributed by atoms with Crippen LogP contribution in [0, 0.1) is 17.1 Å². The largest absolute Gasteiger partial charge is 0.459 e. The monoisotopic (exact) mass is 426 g/mol. The Kier molecular flexibility index (Phi) is 4.27. The molecular formula is C18H13F3N2O5S. The molecule has 7 nitrogen and oxygen atoms in total. The molecule has 0 atom stereocenters. The summed E-state index contributed by atoms with van der Waals surface area (Å²) in [6.45, 7) is -0.372. The van der Waals surface area contributed by atoms with Crippen molar-refractivity contribution in [3.05, 3.63) is 47.3 Å². The number of halogens is 3. The smallest absolute Gasteiger partial charge is 0.425 e. The fourth-order valence-corrected chi connectivity index (χ4v) is 4.25. The Morgan fingerprint density at radius 1 is 1.17 bits per heavy atom. The number of nitrogens with zero attached hydrogens (tertiary/aromatic N) is 1. The van der Waals surface area contributed by atoms with E-state index in [2.05, 4.69) is 5.32 Å². The van der Waals surface area contributed by atoms with Crippen LogP contribution in [0.4, 0.5) is 24.5 Å². The van der Waals surface area contributed by atoms with Crippen LogP contribution in [-0.2, 0) is 25.1 Å². The highest BCUT2D eigenvalue weighted by molar-refractivity contribution is 7.90. The zero-order valence-electron chi connectivity index (χ0n) is 14.8. The fraction of sp³-hybridized carbons (Fsp3) is 0.278. The molecule has 11 heteroatoms. The number of fused-ring (bicyclic) bond motifs is 2. The van der Waals surface area contributed by atoms with E-state index in [1.807, 2.05) is 0 Å². The Morgan fingerprint density at radius 3 is 2.48 bits per heavy atom. The molecule has 2 aliphatic heterocycles. The molecule has 2 aliphatic rings. The van der Waals surface area contributed by atoms with Crippen molar-refractivity contribution in [2.45, 2.75) is 16.8 Å². The first kappa shape index (κ1) is 19.5. The molecular weight excluding hydrogens is 413 g/mol. The molecule has 2 aromatic rings. The van der Waals surface area contributed by atoms with Crippen molar-refractivity contribution in [2.24, 2.45) is 0 Å². The van der Waals surface area contributed by atoms with E-state index in [9.17, 15) is 21.6 Å². The van der Waals surface area contributed by atoms with Gasteiger partial charge < -0.3 is 19.5 Å². The zero-order chi connectivity index (χ0) is 21.0. The van der Waals surface area contributed by atoms with Crippen LogP contribution in [0.25, 0.3) is 0 Å². The summed E-state index contributed by atoms with van der Waals surface area (Å²) in [5.41, 5.74) is -0.457. The Bertz CT molecular complexity index is 1150. The van der Waals surface area contributed by atoms with Gasteiger partial charge in [0.25, 0.3) is 0 Å². The number of anilines is 2. The van der Waals surface area contributed by atoms with Crippen LogP contribution in [0.3, 0.4) is 0 Å². The van der Waals surface area contributed by atoms with Crippen molar-refractivity contribution in [1.29, 1.82) is 5.26 Å². The molecule has 0 amide bonds. The van der Waals surface area contributed by atoms with Crippen molar-refractivity contribution in [3.8, 4) is 11.8 Å². The van der Waals surface area contributed by atoms with Gasteiger partial charge in [-0.05, 0) is 30.3 Å². The van der Waals surface area contributed by atoms with Gasteiger partial charge >= 0.3 is 11.9 Å². The Hall–Kier alpha value is -2.81. The van der Waals surface area contributed by atoms with Gasteiger partial charge in [0.15, 0.2) is 15.6 Å². The predicted octanol–water partition coefficient (Wildman–Crippen LogP) is 3.03. The first-order valence-corrected chi connectivity index (χ1v) is 10.2. The Labute approximate surface area is 163 Å². The van der Waals surface area contributed by atoms with Crippen LogP contribution in [0.15, 0.2) is 35.2 Å². The maximum atomic E-state index is 14.8. The third kappa shape index (κ3) is 3.00. The number of ether oxygens (including phenoxy) is 3. The maximum Gasteiger partial charge on any atom is 0.459 e. The zero-order valence-corrected chi connectivity index (χ0v) is 15.6. The molecule has 0 aromatic heterocycles. The second kappa shape index (κ2) is 6.35. The average molecular weight is 426 g/mol. The van der Waals surface area contributed by atoms with Crippen LogP contribution >= 0.6 is 0 Å². The van der Waals surface area contributed by atoms with Gasteiger partial charge in [-0.2, -0.15) is 14.0 Å². The van der Waals surface area contributed by atoms with Crippen molar-refractivity contribution >= 4 is 21.2 Å². The number of nitriles is 1. The molecule has 0 aliphatic carbocycles. The highest BCUT2D eigenvalue weighted by atomic mass is 32.2. The summed E-state index contributed by atoms with van der Waals surface area (Å²) < 4.78 is 82.8. The second-order valence-corrected chi connectivity index (χ2v) is 8.47. The van der Waals surface area contributed by atoms with Gasteiger partial charge in [0.2, 0.25) is 0 Å². The van der Waals surface area contributed by atoms with Crippen LogP contribution in [0.1, 0.15) is 11.1 Å². The summed E-state index contributed by atoms with van der Waals surface area (Å²) in [6, 6.07) is 7.44. The molecule has 4 rings (SSSR count). The third-order valence-electron chi connectivity index (χ3n) is 4.46. The summed E-state index contributed by atoms with van der Waals surface area (Å²) >= 11 is 0. The van der Waals surface area contributed by atoms with E-state index in [0.717, 1.165) is 24.5 Å². The van der Waals surface area contributed by atoms with E-state index in [1.54, 1.807) is 6.07 Å².